The molecule has 3 heteroatoms. The average Bonchev–Trinajstić information content (AvgIpc) is 2.68. The summed E-state index contributed by atoms with van der Waals surface area (Å²) >= 11 is 0. The van der Waals surface area contributed by atoms with Crippen LogP contribution in [-0.4, -0.2) is 5.97 Å². The third-order valence-corrected chi connectivity index (χ3v) is 5.56. The number of unbranched alkanes of at least 4 members (excludes halogenated alkanes) is 2. The van der Waals surface area contributed by atoms with Gasteiger partial charge in [0.25, 0.3) is 0 Å². The topological polar surface area (TPSA) is 50.1 Å². The number of nitriles is 1. The van der Waals surface area contributed by atoms with Crippen molar-refractivity contribution in [3.63, 3.8) is 0 Å². The molecule has 0 aliphatic heterocycles. The Labute approximate surface area is 156 Å². The number of nitrogens with zero attached hydrogens (tertiary/aromatic N) is 1. The van der Waals surface area contributed by atoms with Gasteiger partial charge >= 0.3 is 5.97 Å². The minimum absolute atomic E-state index is 0.0362. The first-order valence-electron chi connectivity index (χ1n) is 9.85. The smallest absolute Gasteiger partial charge is 0.314 e. The van der Waals surface area contributed by atoms with Crippen LogP contribution in [0.3, 0.4) is 0 Å². The molecule has 136 valence electrons. The summed E-state index contributed by atoms with van der Waals surface area (Å²) in [5.74, 6) is 1.33. The first-order valence-corrected chi connectivity index (χ1v) is 9.85. The molecule has 0 saturated heterocycles. The van der Waals surface area contributed by atoms with Crippen molar-refractivity contribution in [3.05, 3.63) is 42.0 Å². The van der Waals surface area contributed by atoms with Crippen LogP contribution in [0.2, 0.25) is 0 Å². The molecule has 3 nitrogen and oxygen atoms in total. The van der Waals surface area contributed by atoms with Gasteiger partial charge in [0.2, 0.25) is 0 Å². The van der Waals surface area contributed by atoms with Gasteiger partial charge in [-0.25, -0.2) is 0 Å². The monoisotopic (exact) mass is 349 g/mol. The summed E-state index contributed by atoms with van der Waals surface area (Å²) in [6, 6.07) is 13.3. The summed E-state index contributed by atoms with van der Waals surface area (Å²) < 4.78 is 5.65. The van der Waals surface area contributed by atoms with Gasteiger partial charge in [-0.3, -0.25) is 4.79 Å². The zero-order chi connectivity index (χ0) is 18.4. The predicted molar refractivity (Wildman–Crippen MR) is 104 cm³/mol. The van der Waals surface area contributed by atoms with Crippen LogP contribution in [0.4, 0.5) is 0 Å². The fourth-order valence-corrected chi connectivity index (χ4v) is 3.93. The number of benzene rings is 2. The van der Waals surface area contributed by atoms with E-state index in [0.29, 0.717) is 11.3 Å². The number of carbonyl (C=O) groups excluding carboxylic acids is 1. The van der Waals surface area contributed by atoms with Crippen molar-refractivity contribution in [2.24, 2.45) is 11.8 Å². The Balaban J connectivity index is 1.55. The minimum Gasteiger partial charge on any atom is -0.426 e. The summed E-state index contributed by atoms with van der Waals surface area (Å²) in [6.45, 7) is 2.24. The van der Waals surface area contributed by atoms with E-state index < -0.39 is 0 Å². The Morgan fingerprint density at radius 1 is 1.08 bits per heavy atom. The van der Waals surface area contributed by atoms with Crippen molar-refractivity contribution >= 4 is 16.7 Å². The first kappa shape index (κ1) is 18.5. The normalized spacial score (nSPS) is 19.8. The molecule has 1 fully saturated rings. The summed E-state index contributed by atoms with van der Waals surface area (Å²) in [7, 11) is 0. The van der Waals surface area contributed by atoms with Crippen LogP contribution in [-0.2, 0) is 4.79 Å². The lowest BCUT2D eigenvalue weighted by Crippen LogP contribution is -2.25. The number of hydrogen-bond donors (Lipinski definition) is 0. The summed E-state index contributed by atoms with van der Waals surface area (Å²) in [4.78, 5) is 12.5. The van der Waals surface area contributed by atoms with Gasteiger partial charge in [-0.15, -0.1) is 0 Å². The van der Waals surface area contributed by atoms with Gasteiger partial charge in [0.15, 0.2) is 0 Å². The number of rotatable bonds is 6. The molecule has 0 heterocycles. The second-order valence-corrected chi connectivity index (χ2v) is 7.47. The van der Waals surface area contributed by atoms with Gasteiger partial charge in [-0.05, 0) is 66.6 Å². The van der Waals surface area contributed by atoms with Crippen LogP contribution in [0.15, 0.2) is 36.4 Å². The molecule has 26 heavy (non-hydrogen) atoms. The number of carbonyl (C=O) groups is 1. The minimum atomic E-state index is -0.0926. The molecule has 0 unspecified atom stereocenters. The number of ether oxygens (including phenoxy) is 1. The van der Waals surface area contributed by atoms with E-state index in [0.717, 1.165) is 42.4 Å². The van der Waals surface area contributed by atoms with Crippen LogP contribution in [0.25, 0.3) is 10.8 Å². The lowest BCUT2D eigenvalue weighted by atomic mass is 9.80. The highest BCUT2D eigenvalue weighted by Crippen LogP contribution is 2.33. The highest BCUT2D eigenvalue weighted by molar-refractivity contribution is 5.86. The molecular formula is C23H27NO2. The maximum Gasteiger partial charge on any atom is 0.314 e. The van der Waals surface area contributed by atoms with Gasteiger partial charge in [0.1, 0.15) is 5.75 Å². The Bertz CT molecular complexity index is 797. The molecular weight excluding hydrogens is 322 g/mol. The summed E-state index contributed by atoms with van der Waals surface area (Å²) in [5.41, 5.74) is 0.637. The van der Waals surface area contributed by atoms with Crippen LogP contribution in [0.1, 0.15) is 63.9 Å². The predicted octanol–water partition coefficient (Wildman–Crippen LogP) is 6.00. The first-order chi connectivity index (χ1) is 12.7. The fourth-order valence-electron chi connectivity index (χ4n) is 3.93. The highest BCUT2D eigenvalue weighted by atomic mass is 16.5. The molecule has 0 atom stereocenters. The molecule has 0 spiro atoms. The Kier molecular flexibility index (Phi) is 6.28. The zero-order valence-electron chi connectivity index (χ0n) is 15.5. The van der Waals surface area contributed by atoms with Crippen molar-refractivity contribution in [2.75, 3.05) is 0 Å². The zero-order valence-corrected chi connectivity index (χ0v) is 15.5. The maximum atomic E-state index is 12.5. The van der Waals surface area contributed by atoms with E-state index in [-0.39, 0.29) is 11.9 Å². The summed E-state index contributed by atoms with van der Waals surface area (Å²) in [5, 5.41) is 10.9. The standard InChI is InChI=1S/C23H27NO2/c1-2-3-4-5-17-6-9-19(10-7-17)23(25)26-22-13-12-20-14-18(16-24)8-11-21(20)15-22/h8,11-15,17,19H,2-7,9-10H2,1H3. The Morgan fingerprint density at radius 3 is 2.54 bits per heavy atom. The molecule has 1 saturated carbocycles. The van der Waals surface area contributed by atoms with E-state index in [4.69, 9.17) is 10.00 Å². The molecule has 1 aliphatic carbocycles. The van der Waals surface area contributed by atoms with Gasteiger partial charge in [-0.1, -0.05) is 44.7 Å². The van der Waals surface area contributed by atoms with E-state index >= 15 is 0 Å². The Hall–Kier alpha value is -2.34. The molecule has 2 aromatic carbocycles. The Morgan fingerprint density at radius 2 is 1.81 bits per heavy atom. The fraction of sp³-hybridized carbons (Fsp3) is 0.478. The average molecular weight is 349 g/mol. The molecule has 2 aromatic rings. The van der Waals surface area contributed by atoms with E-state index in [9.17, 15) is 4.79 Å². The van der Waals surface area contributed by atoms with Gasteiger partial charge in [0, 0.05) is 0 Å². The van der Waals surface area contributed by atoms with Gasteiger partial charge in [-0.2, -0.15) is 5.26 Å². The molecule has 0 N–H and O–H groups in total. The van der Waals surface area contributed by atoms with Crippen molar-refractivity contribution in [3.8, 4) is 11.8 Å². The lowest BCUT2D eigenvalue weighted by molar-refractivity contribution is -0.140. The lowest BCUT2D eigenvalue weighted by Gasteiger charge is -2.27. The molecule has 0 aromatic heterocycles. The SMILES string of the molecule is CCCCCC1CCC(C(=O)Oc2ccc3cc(C#N)ccc3c2)CC1. The van der Waals surface area contributed by atoms with E-state index in [1.54, 1.807) is 6.07 Å². The van der Waals surface area contributed by atoms with E-state index in [1.165, 1.54) is 25.7 Å². The van der Waals surface area contributed by atoms with E-state index in [2.05, 4.69) is 13.0 Å². The third-order valence-electron chi connectivity index (χ3n) is 5.56. The second kappa shape index (κ2) is 8.85. The van der Waals surface area contributed by atoms with Crippen LogP contribution in [0.5, 0.6) is 5.75 Å². The van der Waals surface area contributed by atoms with Crippen LogP contribution >= 0.6 is 0 Å². The van der Waals surface area contributed by atoms with Crippen molar-refractivity contribution in [1.29, 1.82) is 5.26 Å². The largest absolute Gasteiger partial charge is 0.426 e. The number of fused-ring (bicyclic) bond motifs is 1. The van der Waals surface area contributed by atoms with Crippen LogP contribution < -0.4 is 4.74 Å². The van der Waals surface area contributed by atoms with Gasteiger partial charge in [0.05, 0.1) is 17.6 Å². The molecule has 0 bridgehead atoms. The maximum absolute atomic E-state index is 12.5. The van der Waals surface area contributed by atoms with Gasteiger partial charge < -0.3 is 4.74 Å². The van der Waals surface area contributed by atoms with Crippen molar-refractivity contribution in [2.45, 2.75) is 58.3 Å². The second-order valence-electron chi connectivity index (χ2n) is 7.47. The van der Waals surface area contributed by atoms with Crippen molar-refractivity contribution in [1.82, 2.24) is 0 Å². The molecule has 0 amide bonds. The molecule has 0 radical (unpaired) electrons. The van der Waals surface area contributed by atoms with Crippen LogP contribution in [0, 0.1) is 23.2 Å². The highest BCUT2D eigenvalue weighted by Gasteiger charge is 2.27. The van der Waals surface area contributed by atoms with Crippen molar-refractivity contribution < 1.29 is 9.53 Å². The molecule has 3 rings (SSSR count). The number of hydrogen-bond acceptors (Lipinski definition) is 3. The molecule has 1 aliphatic rings. The van der Waals surface area contributed by atoms with E-state index in [1.807, 2.05) is 30.3 Å². The third kappa shape index (κ3) is 4.64. The summed E-state index contributed by atoms with van der Waals surface area (Å²) in [6.07, 6.45) is 9.43. The quantitative estimate of drug-likeness (QED) is 0.365. The number of esters is 1.